The number of hydrogen-bond acceptors (Lipinski definition) is 3. The predicted octanol–water partition coefficient (Wildman–Crippen LogP) is 4.60. The third-order valence-corrected chi connectivity index (χ3v) is 3.34. The van der Waals surface area contributed by atoms with Crippen LogP contribution in [-0.2, 0) is 9.53 Å². The second-order valence-corrected chi connectivity index (χ2v) is 5.37. The van der Waals surface area contributed by atoms with E-state index in [1.807, 2.05) is 24.3 Å². The van der Waals surface area contributed by atoms with Crippen molar-refractivity contribution in [3.05, 3.63) is 70.5 Å². The fourth-order valence-electron chi connectivity index (χ4n) is 1.84. The van der Waals surface area contributed by atoms with E-state index < -0.39 is 5.97 Å². The van der Waals surface area contributed by atoms with Crippen LogP contribution < -0.4 is 5.32 Å². The van der Waals surface area contributed by atoms with Gasteiger partial charge in [0, 0.05) is 21.8 Å². The molecule has 0 aliphatic heterocycles. The molecule has 0 bridgehead atoms. The molecule has 114 valence electrons. The smallest absolute Gasteiger partial charge is 0.332 e. The summed E-state index contributed by atoms with van der Waals surface area (Å²) in [4.78, 5) is 11.7. The summed E-state index contributed by atoms with van der Waals surface area (Å²) in [5, 5.41) is 3.11. The monoisotopic (exact) mass is 363 g/mol. The Morgan fingerprint density at radius 3 is 2.64 bits per heavy atom. The lowest BCUT2D eigenvalue weighted by Crippen LogP contribution is -2.06. The Labute approximate surface area is 136 Å². The van der Waals surface area contributed by atoms with E-state index in [1.54, 1.807) is 19.1 Å². The van der Waals surface area contributed by atoms with Crippen LogP contribution in [0, 0.1) is 5.82 Å². The summed E-state index contributed by atoms with van der Waals surface area (Å²) >= 11 is 3.36. The quantitative estimate of drug-likeness (QED) is 0.622. The van der Waals surface area contributed by atoms with Gasteiger partial charge in [-0.3, -0.25) is 0 Å². The molecule has 0 heterocycles. The van der Waals surface area contributed by atoms with Gasteiger partial charge in [0.15, 0.2) is 0 Å². The molecule has 0 unspecified atom stereocenters. The first-order chi connectivity index (χ1) is 10.6. The van der Waals surface area contributed by atoms with E-state index in [4.69, 9.17) is 4.74 Å². The maximum absolute atomic E-state index is 13.4. The summed E-state index contributed by atoms with van der Waals surface area (Å²) in [6.07, 6.45) is 1.32. The van der Waals surface area contributed by atoms with Gasteiger partial charge in [-0.25, -0.2) is 9.18 Å². The Kier molecular flexibility index (Phi) is 5.72. The first-order valence-electron chi connectivity index (χ1n) is 6.75. The Morgan fingerprint density at radius 2 is 2.00 bits per heavy atom. The van der Waals surface area contributed by atoms with Gasteiger partial charge in [0.1, 0.15) is 5.82 Å². The fourth-order valence-corrected chi connectivity index (χ4v) is 2.10. The van der Waals surface area contributed by atoms with E-state index in [1.165, 1.54) is 18.2 Å². The Hall–Kier alpha value is -2.14. The van der Waals surface area contributed by atoms with E-state index in [9.17, 15) is 9.18 Å². The van der Waals surface area contributed by atoms with Gasteiger partial charge < -0.3 is 10.1 Å². The van der Waals surface area contributed by atoms with Crippen LogP contribution in [0.25, 0.3) is 5.70 Å². The van der Waals surface area contributed by atoms with Gasteiger partial charge in [0.05, 0.1) is 12.3 Å². The molecule has 22 heavy (non-hydrogen) atoms. The van der Waals surface area contributed by atoms with Crippen LogP contribution in [0.15, 0.2) is 59.1 Å². The highest BCUT2D eigenvalue weighted by Gasteiger charge is 2.07. The van der Waals surface area contributed by atoms with Crippen molar-refractivity contribution < 1.29 is 13.9 Å². The van der Waals surface area contributed by atoms with Crippen LogP contribution in [0.1, 0.15) is 12.5 Å². The van der Waals surface area contributed by atoms with E-state index in [2.05, 4.69) is 21.2 Å². The molecule has 5 heteroatoms. The molecular weight excluding hydrogens is 349 g/mol. The number of benzene rings is 2. The van der Waals surface area contributed by atoms with Gasteiger partial charge in [-0.15, -0.1) is 0 Å². The van der Waals surface area contributed by atoms with Crippen LogP contribution in [-0.4, -0.2) is 12.6 Å². The number of ether oxygens (including phenoxy) is 1. The van der Waals surface area contributed by atoms with Crippen LogP contribution in [0.5, 0.6) is 0 Å². The van der Waals surface area contributed by atoms with Crippen molar-refractivity contribution in [2.45, 2.75) is 6.92 Å². The minimum Gasteiger partial charge on any atom is -0.463 e. The first-order valence-corrected chi connectivity index (χ1v) is 7.55. The Morgan fingerprint density at radius 1 is 1.27 bits per heavy atom. The molecule has 0 radical (unpaired) electrons. The molecular formula is C17H15BrFNO2. The molecule has 2 aromatic carbocycles. The molecule has 0 amide bonds. The highest BCUT2D eigenvalue weighted by molar-refractivity contribution is 9.10. The van der Waals surface area contributed by atoms with Gasteiger partial charge in [0.2, 0.25) is 0 Å². The summed E-state index contributed by atoms with van der Waals surface area (Å²) in [5.41, 5.74) is 1.82. The predicted molar refractivity (Wildman–Crippen MR) is 88.8 cm³/mol. The lowest BCUT2D eigenvalue weighted by atomic mass is 10.1. The van der Waals surface area contributed by atoms with Gasteiger partial charge in [-0.05, 0) is 43.3 Å². The van der Waals surface area contributed by atoms with Crippen LogP contribution in [0.2, 0.25) is 0 Å². The molecule has 2 rings (SSSR count). The fraction of sp³-hybridized carbons (Fsp3) is 0.118. The summed E-state index contributed by atoms with van der Waals surface area (Å²) in [7, 11) is 0. The molecule has 1 N–H and O–H groups in total. The second kappa shape index (κ2) is 7.75. The molecule has 0 atom stereocenters. The molecule has 0 spiro atoms. The van der Waals surface area contributed by atoms with E-state index >= 15 is 0 Å². The molecule has 0 aliphatic carbocycles. The van der Waals surface area contributed by atoms with Gasteiger partial charge in [-0.1, -0.05) is 28.1 Å². The number of esters is 1. The zero-order valence-electron chi connectivity index (χ0n) is 12.0. The molecule has 3 nitrogen and oxygen atoms in total. The lowest BCUT2D eigenvalue weighted by molar-refractivity contribution is -0.137. The van der Waals surface area contributed by atoms with E-state index in [-0.39, 0.29) is 12.4 Å². The SMILES string of the molecule is CCOC(=O)/C=C(/Nc1ccc(Br)cc1)c1cccc(F)c1. The molecule has 0 aromatic heterocycles. The van der Waals surface area contributed by atoms with Gasteiger partial charge >= 0.3 is 5.97 Å². The summed E-state index contributed by atoms with van der Waals surface area (Å²) in [5.74, 6) is -0.851. The molecule has 2 aromatic rings. The zero-order chi connectivity index (χ0) is 15.9. The number of carbonyl (C=O) groups excluding carboxylic acids is 1. The number of halogens is 2. The van der Waals surface area contributed by atoms with Crippen LogP contribution in [0.4, 0.5) is 10.1 Å². The normalized spacial score (nSPS) is 11.1. The Balaban J connectivity index is 2.32. The largest absolute Gasteiger partial charge is 0.463 e. The number of hydrogen-bond donors (Lipinski definition) is 1. The highest BCUT2D eigenvalue weighted by atomic mass is 79.9. The van der Waals surface area contributed by atoms with E-state index in [0.717, 1.165) is 10.2 Å². The lowest BCUT2D eigenvalue weighted by Gasteiger charge is -2.12. The second-order valence-electron chi connectivity index (χ2n) is 4.45. The van der Waals surface area contributed by atoms with E-state index in [0.29, 0.717) is 11.3 Å². The van der Waals surface area contributed by atoms with Crippen molar-refractivity contribution in [2.24, 2.45) is 0 Å². The number of carbonyl (C=O) groups is 1. The van der Waals surface area contributed by atoms with Gasteiger partial charge in [-0.2, -0.15) is 0 Å². The maximum atomic E-state index is 13.4. The van der Waals surface area contributed by atoms with Crippen LogP contribution >= 0.6 is 15.9 Å². The topological polar surface area (TPSA) is 38.3 Å². The number of anilines is 1. The average molecular weight is 364 g/mol. The average Bonchev–Trinajstić information content (AvgIpc) is 2.49. The standard InChI is InChI=1S/C17H15BrFNO2/c1-2-22-17(21)11-16(12-4-3-5-14(19)10-12)20-15-8-6-13(18)7-9-15/h3-11,20H,2H2,1H3/b16-11+. The summed E-state index contributed by atoms with van der Waals surface area (Å²) < 4.78 is 19.3. The maximum Gasteiger partial charge on any atom is 0.332 e. The molecule has 0 aliphatic rings. The molecule has 0 saturated carbocycles. The van der Waals surface area contributed by atoms with Crippen molar-refractivity contribution in [1.82, 2.24) is 0 Å². The third-order valence-electron chi connectivity index (χ3n) is 2.81. The summed E-state index contributed by atoms with van der Waals surface area (Å²) in [6, 6.07) is 13.5. The Bertz CT molecular complexity index is 683. The summed E-state index contributed by atoms with van der Waals surface area (Å²) in [6.45, 7) is 2.01. The third kappa shape index (κ3) is 4.70. The minimum absolute atomic E-state index is 0.282. The van der Waals surface area contributed by atoms with Crippen molar-refractivity contribution in [3.63, 3.8) is 0 Å². The molecule has 0 fully saturated rings. The van der Waals surface area contributed by atoms with Crippen molar-refractivity contribution in [3.8, 4) is 0 Å². The first kappa shape index (κ1) is 16.2. The number of rotatable bonds is 5. The molecule has 0 saturated heterocycles. The van der Waals surface area contributed by atoms with Crippen molar-refractivity contribution >= 4 is 33.3 Å². The van der Waals surface area contributed by atoms with Crippen molar-refractivity contribution in [2.75, 3.05) is 11.9 Å². The number of nitrogens with one attached hydrogen (secondary N) is 1. The highest BCUT2D eigenvalue weighted by Crippen LogP contribution is 2.21. The minimum atomic E-state index is -0.480. The zero-order valence-corrected chi connectivity index (χ0v) is 13.6. The van der Waals surface area contributed by atoms with Gasteiger partial charge in [0.25, 0.3) is 0 Å². The van der Waals surface area contributed by atoms with Crippen LogP contribution in [0.3, 0.4) is 0 Å². The van der Waals surface area contributed by atoms with Crippen molar-refractivity contribution in [1.29, 1.82) is 0 Å².